The third-order valence-corrected chi connectivity index (χ3v) is 4.17. The van der Waals surface area contributed by atoms with Crippen LogP contribution in [0.4, 0.5) is 5.82 Å². The minimum atomic E-state index is -0.743. The molecule has 3 rings (SSSR count). The van der Waals surface area contributed by atoms with Crippen molar-refractivity contribution in [2.24, 2.45) is 5.92 Å². The van der Waals surface area contributed by atoms with E-state index in [1.165, 1.54) is 0 Å². The highest BCUT2D eigenvalue weighted by molar-refractivity contribution is 5.70. The predicted octanol–water partition coefficient (Wildman–Crippen LogP) is 1.63. The lowest BCUT2D eigenvalue weighted by Crippen LogP contribution is -2.34. The van der Waals surface area contributed by atoms with Crippen LogP contribution >= 0.6 is 0 Å². The van der Waals surface area contributed by atoms with E-state index in [4.69, 9.17) is 5.11 Å². The molecule has 0 bridgehead atoms. The summed E-state index contributed by atoms with van der Waals surface area (Å²) in [5.41, 5.74) is -0.0903. The molecule has 6 nitrogen and oxygen atoms in total. The van der Waals surface area contributed by atoms with Gasteiger partial charge >= 0.3 is 5.97 Å². The summed E-state index contributed by atoms with van der Waals surface area (Å²) in [4.78, 5) is 27.4. The van der Waals surface area contributed by atoms with E-state index >= 15 is 0 Å². The normalized spacial score (nSPS) is 26.2. The topological polar surface area (TPSA) is 84.2 Å². The largest absolute Gasteiger partial charge is 0.481 e. The average molecular weight is 277 g/mol. The van der Waals surface area contributed by atoms with Crippen molar-refractivity contribution in [1.82, 2.24) is 9.55 Å². The lowest BCUT2D eigenvalue weighted by molar-refractivity contribution is -0.142. The van der Waals surface area contributed by atoms with E-state index in [2.05, 4.69) is 10.3 Å². The maximum Gasteiger partial charge on any atom is 0.306 e. The van der Waals surface area contributed by atoms with Gasteiger partial charge in [0.2, 0.25) is 0 Å². The summed E-state index contributed by atoms with van der Waals surface area (Å²) in [6, 6.07) is 0.351. The number of nitrogens with one attached hydrogen (secondary N) is 1. The summed E-state index contributed by atoms with van der Waals surface area (Å²) < 4.78 is 1.73. The zero-order chi connectivity index (χ0) is 14.1. The van der Waals surface area contributed by atoms with Crippen molar-refractivity contribution in [3.8, 4) is 0 Å². The van der Waals surface area contributed by atoms with E-state index in [-0.39, 0.29) is 17.5 Å². The van der Waals surface area contributed by atoms with Gasteiger partial charge in [0.1, 0.15) is 0 Å². The molecule has 6 heteroatoms. The van der Waals surface area contributed by atoms with Crippen LogP contribution in [-0.2, 0) is 4.79 Å². The zero-order valence-electron chi connectivity index (χ0n) is 11.3. The van der Waals surface area contributed by atoms with Gasteiger partial charge in [-0.2, -0.15) is 0 Å². The van der Waals surface area contributed by atoms with Gasteiger partial charge in [-0.3, -0.25) is 9.59 Å². The van der Waals surface area contributed by atoms with Crippen molar-refractivity contribution in [3.05, 3.63) is 22.7 Å². The van der Waals surface area contributed by atoms with Crippen molar-refractivity contribution in [2.45, 2.75) is 50.6 Å². The molecule has 1 aromatic rings. The molecule has 2 N–H and O–H groups in total. The number of anilines is 1. The van der Waals surface area contributed by atoms with Gasteiger partial charge < -0.3 is 15.0 Å². The molecule has 0 spiro atoms. The van der Waals surface area contributed by atoms with Gasteiger partial charge in [-0.05, 0) is 32.1 Å². The molecule has 0 amide bonds. The molecular formula is C14H19N3O3. The summed E-state index contributed by atoms with van der Waals surface area (Å²) in [5, 5.41) is 12.2. The van der Waals surface area contributed by atoms with Crippen molar-refractivity contribution < 1.29 is 9.90 Å². The van der Waals surface area contributed by atoms with Crippen LogP contribution in [0.25, 0.3) is 0 Å². The van der Waals surface area contributed by atoms with Crippen LogP contribution in [-0.4, -0.2) is 26.7 Å². The first kappa shape index (κ1) is 13.1. The SMILES string of the molecule is O=C(O)C1CCCC(Nc2nccn(C3CC3)c2=O)C1. The second-order valence-corrected chi connectivity index (χ2v) is 5.76. The van der Waals surface area contributed by atoms with Crippen LogP contribution in [0.2, 0.25) is 0 Å². The van der Waals surface area contributed by atoms with E-state index in [1.807, 2.05) is 0 Å². The molecule has 0 aromatic carbocycles. The van der Waals surface area contributed by atoms with Crippen molar-refractivity contribution >= 4 is 11.8 Å². The van der Waals surface area contributed by atoms with Gasteiger partial charge in [0.05, 0.1) is 5.92 Å². The number of carbonyl (C=O) groups is 1. The van der Waals surface area contributed by atoms with E-state index in [1.54, 1.807) is 17.0 Å². The predicted molar refractivity (Wildman–Crippen MR) is 73.8 cm³/mol. The smallest absolute Gasteiger partial charge is 0.306 e. The molecule has 0 radical (unpaired) electrons. The Hall–Kier alpha value is -1.85. The van der Waals surface area contributed by atoms with E-state index in [0.29, 0.717) is 18.3 Å². The highest BCUT2D eigenvalue weighted by Crippen LogP contribution is 2.33. The van der Waals surface area contributed by atoms with Crippen LogP contribution in [0.3, 0.4) is 0 Å². The van der Waals surface area contributed by atoms with Crippen LogP contribution in [0.5, 0.6) is 0 Å². The lowest BCUT2D eigenvalue weighted by atomic mass is 9.86. The van der Waals surface area contributed by atoms with Crippen LogP contribution in [0.15, 0.2) is 17.2 Å². The standard InChI is InChI=1S/C14H19N3O3/c18-13-12(15-6-7-17(13)11-4-5-11)16-10-3-1-2-9(8-10)14(19)20/h6-7,9-11H,1-5,8H2,(H,15,16)(H,19,20). The molecule has 1 heterocycles. The molecule has 0 aliphatic heterocycles. The van der Waals surface area contributed by atoms with E-state index in [0.717, 1.165) is 32.1 Å². The molecule has 1 aromatic heterocycles. The molecule has 2 aliphatic carbocycles. The number of rotatable bonds is 4. The fraction of sp³-hybridized carbons (Fsp3) is 0.643. The van der Waals surface area contributed by atoms with E-state index in [9.17, 15) is 9.59 Å². The Morgan fingerprint density at radius 2 is 2.15 bits per heavy atom. The first-order valence-electron chi connectivity index (χ1n) is 7.21. The van der Waals surface area contributed by atoms with Gasteiger partial charge in [-0.1, -0.05) is 6.42 Å². The molecule has 2 atom stereocenters. The Labute approximate surface area is 116 Å². The number of nitrogens with zero attached hydrogens (tertiary/aromatic N) is 2. The number of carboxylic acid groups (broad SMARTS) is 1. The Balaban J connectivity index is 1.73. The molecule has 108 valence electrons. The van der Waals surface area contributed by atoms with Crippen molar-refractivity contribution in [2.75, 3.05) is 5.32 Å². The first-order chi connectivity index (χ1) is 9.65. The Bertz CT molecular complexity index is 565. The Morgan fingerprint density at radius 1 is 1.35 bits per heavy atom. The van der Waals surface area contributed by atoms with Gasteiger partial charge in [0.15, 0.2) is 5.82 Å². The van der Waals surface area contributed by atoms with Gasteiger partial charge in [0.25, 0.3) is 5.56 Å². The summed E-state index contributed by atoms with van der Waals surface area (Å²) in [6.07, 6.45) is 8.52. The third-order valence-electron chi connectivity index (χ3n) is 4.17. The summed E-state index contributed by atoms with van der Waals surface area (Å²) in [5.74, 6) is -0.695. The summed E-state index contributed by atoms with van der Waals surface area (Å²) in [7, 11) is 0. The minimum Gasteiger partial charge on any atom is -0.481 e. The number of hydrogen-bond acceptors (Lipinski definition) is 4. The molecule has 0 saturated heterocycles. The fourth-order valence-electron chi connectivity index (χ4n) is 2.90. The Morgan fingerprint density at radius 3 is 2.85 bits per heavy atom. The Kier molecular flexibility index (Phi) is 3.46. The first-order valence-corrected chi connectivity index (χ1v) is 7.21. The lowest BCUT2D eigenvalue weighted by Gasteiger charge is -2.27. The molecule has 2 unspecified atom stereocenters. The zero-order valence-corrected chi connectivity index (χ0v) is 11.3. The van der Waals surface area contributed by atoms with Gasteiger partial charge in [-0.25, -0.2) is 4.98 Å². The fourth-order valence-corrected chi connectivity index (χ4v) is 2.90. The molecule has 2 saturated carbocycles. The average Bonchev–Trinajstić information content (AvgIpc) is 3.26. The maximum atomic E-state index is 12.3. The second-order valence-electron chi connectivity index (χ2n) is 5.76. The molecule has 2 aliphatic rings. The number of hydrogen-bond donors (Lipinski definition) is 2. The summed E-state index contributed by atoms with van der Waals surface area (Å²) >= 11 is 0. The van der Waals surface area contributed by atoms with Gasteiger partial charge in [-0.15, -0.1) is 0 Å². The number of aliphatic carboxylic acids is 1. The van der Waals surface area contributed by atoms with Crippen molar-refractivity contribution in [3.63, 3.8) is 0 Å². The van der Waals surface area contributed by atoms with Crippen molar-refractivity contribution in [1.29, 1.82) is 0 Å². The third kappa shape index (κ3) is 2.69. The quantitative estimate of drug-likeness (QED) is 0.874. The molecule has 2 fully saturated rings. The second kappa shape index (κ2) is 5.26. The number of carboxylic acids is 1. The molecule has 20 heavy (non-hydrogen) atoms. The maximum absolute atomic E-state index is 12.3. The minimum absolute atomic E-state index is 0.0279. The highest BCUT2D eigenvalue weighted by atomic mass is 16.4. The molecular weight excluding hydrogens is 258 g/mol. The summed E-state index contributed by atoms with van der Waals surface area (Å²) in [6.45, 7) is 0. The van der Waals surface area contributed by atoms with Crippen LogP contribution in [0.1, 0.15) is 44.6 Å². The highest BCUT2D eigenvalue weighted by Gasteiger charge is 2.29. The monoisotopic (exact) mass is 277 g/mol. The van der Waals surface area contributed by atoms with E-state index < -0.39 is 5.97 Å². The van der Waals surface area contributed by atoms with Crippen LogP contribution in [0, 0.1) is 5.92 Å². The number of aromatic nitrogens is 2. The van der Waals surface area contributed by atoms with Gasteiger partial charge in [0, 0.05) is 24.5 Å². The van der Waals surface area contributed by atoms with Crippen LogP contribution < -0.4 is 10.9 Å².